The summed E-state index contributed by atoms with van der Waals surface area (Å²) in [5.74, 6) is -1.59. The molecular formula is C14H18FNO3. The minimum atomic E-state index is -1.15. The van der Waals surface area contributed by atoms with E-state index in [-0.39, 0.29) is 24.1 Å². The molecule has 0 heterocycles. The summed E-state index contributed by atoms with van der Waals surface area (Å²) in [4.78, 5) is 11.1. The fraction of sp³-hybridized carbons (Fsp3) is 0.500. The Morgan fingerprint density at radius 3 is 2.79 bits per heavy atom. The Bertz CT molecular complexity index is 464. The molecule has 1 aromatic carbocycles. The van der Waals surface area contributed by atoms with Gasteiger partial charge < -0.3 is 15.5 Å². The van der Waals surface area contributed by atoms with Crippen molar-refractivity contribution in [2.45, 2.75) is 31.7 Å². The highest BCUT2D eigenvalue weighted by Crippen LogP contribution is 2.28. The van der Waals surface area contributed by atoms with Crippen LogP contribution in [0, 0.1) is 11.7 Å². The van der Waals surface area contributed by atoms with Gasteiger partial charge in [0.2, 0.25) is 0 Å². The van der Waals surface area contributed by atoms with Crippen LogP contribution in [0.3, 0.4) is 0 Å². The number of hydrogen-bond acceptors (Lipinski definition) is 3. The highest BCUT2D eigenvalue weighted by molar-refractivity contribution is 5.94. The second-order valence-corrected chi connectivity index (χ2v) is 4.97. The van der Waals surface area contributed by atoms with Gasteiger partial charge in [0.1, 0.15) is 5.82 Å². The first kappa shape index (κ1) is 13.8. The summed E-state index contributed by atoms with van der Waals surface area (Å²) in [5, 5.41) is 21.6. The number of nitrogens with one attached hydrogen (secondary N) is 1. The van der Waals surface area contributed by atoms with Crippen LogP contribution in [0.5, 0.6) is 0 Å². The average molecular weight is 267 g/mol. The third-order valence-electron chi connectivity index (χ3n) is 3.70. The molecule has 2 atom stereocenters. The van der Waals surface area contributed by atoms with Crippen LogP contribution in [-0.2, 0) is 0 Å². The van der Waals surface area contributed by atoms with Crippen LogP contribution in [0.25, 0.3) is 0 Å². The molecule has 0 bridgehead atoms. The predicted molar refractivity (Wildman–Crippen MR) is 69.8 cm³/mol. The first-order valence-electron chi connectivity index (χ1n) is 6.52. The van der Waals surface area contributed by atoms with E-state index in [1.54, 1.807) is 0 Å². The second-order valence-electron chi connectivity index (χ2n) is 4.97. The van der Waals surface area contributed by atoms with Crippen molar-refractivity contribution >= 4 is 11.7 Å². The Hall–Kier alpha value is -1.62. The molecule has 0 aromatic heterocycles. The van der Waals surface area contributed by atoms with E-state index in [4.69, 9.17) is 5.11 Å². The molecule has 0 saturated heterocycles. The summed E-state index contributed by atoms with van der Waals surface area (Å²) >= 11 is 0. The summed E-state index contributed by atoms with van der Waals surface area (Å²) in [6, 6.07) is 3.75. The van der Waals surface area contributed by atoms with Crippen molar-refractivity contribution in [3.63, 3.8) is 0 Å². The Balaban J connectivity index is 2.20. The third kappa shape index (κ3) is 3.23. The van der Waals surface area contributed by atoms with Gasteiger partial charge in [0.05, 0.1) is 5.56 Å². The topological polar surface area (TPSA) is 69.6 Å². The molecule has 5 heteroatoms. The lowest BCUT2D eigenvalue weighted by Gasteiger charge is -2.32. The lowest BCUT2D eigenvalue weighted by Crippen LogP contribution is -2.34. The number of carboxylic acid groups (broad SMARTS) is 1. The van der Waals surface area contributed by atoms with Crippen molar-refractivity contribution in [3.8, 4) is 0 Å². The minimum absolute atomic E-state index is 0.0438. The summed E-state index contributed by atoms with van der Waals surface area (Å²) in [6.07, 6.45) is 3.95. The number of benzene rings is 1. The van der Waals surface area contributed by atoms with Crippen molar-refractivity contribution in [1.82, 2.24) is 0 Å². The van der Waals surface area contributed by atoms with Crippen LogP contribution in [0.4, 0.5) is 10.1 Å². The Morgan fingerprint density at radius 1 is 1.37 bits per heavy atom. The number of anilines is 1. The molecular weight excluding hydrogens is 249 g/mol. The van der Waals surface area contributed by atoms with Gasteiger partial charge in [-0.05, 0) is 31.0 Å². The first-order chi connectivity index (χ1) is 9.11. The third-order valence-corrected chi connectivity index (χ3v) is 3.70. The number of aliphatic hydroxyl groups excluding tert-OH is 1. The molecule has 3 N–H and O–H groups in total. The number of hydrogen-bond donors (Lipinski definition) is 3. The van der Waals surface area contributed by atoms with Gasteiger partial charge >= 0.3 is 5.97 Å². The van der Waals surface area contributed by atoms with Crippen LogP contribution >= 0.6 is 0 Å². The Kier molecular flexibility index (Phi) is 4.37. The summed E-state index contributed by atoms with van der Waals surface area (Å²) < 4.78 is 13.1. The maximum atomic E-state index is 13.1. The Labute approximate surface area is 111 Å². The number of aliphatic hydroxyl groups is 1. The summed E-state index contributed by atoms with van der Waals surface area (Å²) in [6.45, 7) is 0.0846. The minimum Gasteiger partial charge on any atom is -0.478 e. The van der Waals surface area contributed by atoms with E-state index < -0.39 is 11.8 Å². The molecule has 0 radical (unpaired) electrons. The fourth-order valence-electron chi connectivity index (χ4n) is 2.64. The van der Waals surface area contributed by atoms with E-state index in [0.29, 0.717) is 5.69 Å². The van der Waals surface area contributed by atoms with E-state index in [1.165, 1.54) is 12.1 Å². The smallest absolute Gasteiger partial charge is 0.337 e. The number of rotatable bonds is 4. The van der Waals surface area contributed by atoms with E-state index in [1.807, 2.05) is 0 Å². The molecule has 2 unspecified atom stereocenters. The molecule has 4 nitrogen and oxygen atoms in total. The van der Waals surface area contributed by atoms with Crippen LogP contribution < -0.4 is 5.32 Å². The van der Waals surface area contributed by atoms with E-state index in [2.05, 4.69) is 5.32 Å². The summed E-state index contributed by atoms with van der Waals surface area (Å²) in [7, 11) is 0. The van der Waals surface area contributed by atoms with Gasteiger partial charge in [-0.3, -0.25) is 0 Å². The lowest BCUT2D eigenvalue weighted by atomic mass is 9.85. The number of halogens is 1. The van der Waals surface area contributed by atoms with Crippen molar-refractivity contribution in [3.05, 3.63) is 29.6 Å². The van der Waals surface area contributed by atoms with Crippen molar-refractivity contribution in [2.75, 3.05) is 11.9 Å². The maximum Gasteiger partial charge on any atom is 0.337 e. The zero-order valence-electron chi connectivity index (χ0n) is 10.6. The summed E-state index contributed by atoms with van der Waals surface area (Å²) in [5.41, 5.74) is 0.349. The van der Waals surface area contributed by atoms with Crippen molar-refractivity contribution < 1.29 is 19.4 Å². The van der Waals surface area contributed by atoms with Crippen LogP contribution in [0.15, 0.2) is 18.2 Å². The standard InChI is InChI=1S/C14H18FNO3/c15-10-5-6-13(11(7-10)14(18)19)16-12-4-2-1-3-9(12)8-17/h5-7,9,12,16-17H,1-4,8H2,(H,18,19). The lowest BCUT2D eigenvalue weighted by molar-refractivity contribution is 0.0697. The molecule has 0 aliphatic heterocycles. The zero-order valence-corrected chi connectivity index (χ0v) is 10.6. The molecule has 0 amide bonds. The van der Waals surface area contributed by atoms with E-state index >= 15 is 0 Å². The highest BCUT2D eigenvalue weighted by Gasteiger charge is 2.25. The zero-order chi connectivity index (χ0) is 13.8. The number of carbonyl (C=O) groups is 1. The van der Waals surface area contributed by atoms with Crippen LogP contribution in [0.1, 0.15) is 36.0 Å². The molecule has 1 saturated carbocycles. The molecule has 1 fully saturated rings. The second kappa shape index (κ2) is 6.02. The van der Waals surface area contributed by atoms with Gasteiger partial charge in [0.25, 0.3) is 0 Å². The molecule has 1 aliphatic rings. The van der Waals surface area contributed by atoms with Gasteiger partial charge in [-0.25, -0.2) is 9.18 Å². The van der Waals surface area contributed by atoms with Gasteiger partial charge in [0.15, 0.2) is 0 Å². The van der Waals surface area contributed by atoms with Crippen molar-refractivity contribution in [1.29, 1.82) is 0 Å². The Morgan fingerprint density at radius 2 is 2.11 bits per heavy atom. The highest BCUT2D eigenvalue weighted by atomic mass is 19.1. The number of carboxylic acids is 1. The van der Waals surface area contributed by atoms with E-state index in [9.17, 15) is 14.3 Å². The van der Waals surface area contributed by atoms with Gasteiger partial charge in [-0.1, -0.05) is 12.8 Å². The fourth-order valence-corrected chi connectivity index (χ4v) is 2.64. The van der Waals surface area contributed by atoms with Crippen LogP contribution in [0.2, 0.25) is 0 Å². The number of aromatic carboxylic acids is 1. The molecule has 1 aromatic rings. The van der Waals surface area contributed by atoms with Gasteiger partial charge in [0, 0.05) is 24.3 Å². The monoisotopic (exact) mass is 267 g/mol. The molecule has 2 rings (SSSR count). The quantitative estimate of drug-likeness (QED) is 0.784. The maximum absolute atomic E-state index is 13.1. The largest absolute Gasteiger partial charge is 0.478 e. The molecule has 1 aliphatic carbocycles. The van der Waals surface area contributed by atoms with Gasteiger partial charge in [-0.15, -0.1) is 0 Å². The van der Waals surface area contributed by atoms with Gasteiger partial charge in [-0.2, -0.15) is 0 Å². The predicted octanol–water partition coefficient (Wildman–Crippen LogP) is 2.49. The molecule has 0 spiro atoms. The van der Waals surface area contributed by atoms with E-state index in [0.717, 1.165) is 31.7 Å². The molecule has 19 heavy (non-hydrogen) atoms. The first-order valence-corrected chi connectivity index (χ1v) is 6.52. The molecule has 104 valence electrons. The van der Waals surface area contributed by atoms with Crippen molar-refractivity contribution in [2.24, 2.45) is 5.92 Å². The average Bonchev–Trinajstić information content (AvgIpc) is 2.41. The normalized spacial score (nSPS) is 23.1. The van der Waals surface area contributed by atoms with Crippen LogP contribution in [-0.4, -0.2) is 28.8 Å². The SMILES string of the molecule is O=C(O)c1cc(F)ccc1NC1CCCCC1CO.